The van der Waals surface area contributed by atoms with E-state index in [1.165, 1.54) is 23.5 Å². The zero-order valence-corrected chi connectivity index (χ0v) is 20.6. The molecule has 2 unspecified atom stereocenters. The van der Waals surface area contributed by atoms with Gasteiger partial charge in [0.15, 0.2) is 5.54 Å². The number of hydrogen-bond donors (Lipinski definition) is 1. The first-order valence-electron chi connectivity index (χ1n) is 10.4. The maximum atomic E-state index is 10.4. The van der Waals surface area contributed by atoms with E-state index in [9.17, 15) is 10.5 Å². The normalized spacial score (nSPS) is 19.5. The Kier molecular flexibility index (Phi) is 7.55. The number of thioether (sulfide) groups is 2. The molecule has 0 aliphatic heterocycles. The first kappa shape index (κ1) is 23.9. The van der Waals surface area contributed by atoms with Crippen LogP contribution in [0.4, 0.5) is 5.69 Å². The monoisotopic (exact) mass is 501 g/mol. The van der Waals surface area contributed by atoms with Gasteiger partial charge in [-0.3, -0.25) is 0 Å². The van der Waals surface area contributed by atoms with Crippen molar-refractivity contribution in [2.75, 3.05) is 12.4 Å². The van der Waals surface area contributed by atoms with Crippen LogP contribution in [0.15, 0.2) is 116 Å². The first-order valence-corrected chi connectivity index (χ1v) is 12.4. The second kappa shape index (κ2) is 10.8. The molecular weight excluding hydrogens is 482 g/mol. The zero-order valence-electron chi connectivity index (χ0n) is 18.2. The molecule has 0 aromatic heterocycles. The number of nitriles is 2. The van der Waals surface area contributed by atoms with Gasteiger partial charge in [-0.25, -0.2) is 0 Å². The van der Waals surface area contributed by atoms with Gasteiger partial charge in [0, 0.05) is 19.6 Å². The molecule has 0 amide bonds. The molecule has 0 bridgehead atoms. The molecule has 0 spiro atoms. The maximum absolute atomic E-state index is 10.4. The minimum atomic E-state index is -1.48. The fourth-order valence-electron chi connectivity index (χ4n) is 3.55. The Balaban J connectivity index is 1.84. The second-order valence-corrected chi connectivity index (χ2v) is 9.93. The van der Waals surface area contributed by atoms with Crippen molar-refractivity contribution in [3.05, 3.63) is 106 Å². The average molecular weight is 502 g/mol. The quantitative estimate of drug-likeness (QED) is 0.362. The Morgan fingerprint density at radius 2 is 1.47 bits per heavy atom. The third kappa shape index (κ3) is 4.81. The topological polar surface area (TPSA) is 68.8 Å². The van der Waals surface area contributed by atoms with E-state index < -0.39 is 11.5 Å². The highest BCUT2D eigenvalue weighted by atomic mass is 35.5. The summed E-state index contributed by atoms with van der Waals surface area (Å²) in [6.07, 6.45) is 1.83. The molecule has 4 nitrogen and oxygen atoms in total. The number of methoxy groups -OCH3 is 1. The lowest BCUT2D eigenvalue weighted by Crippen LogP contribution is -2.46. The molecule has 7 heteroatoms. The first-order chi connectivity index (χ1) is 16.6. The van der Waals surface area contributed by atoms with Crippen LogP contribution in [-0.2, 0) is 0 Å². The molecule has 0 saturated heterocycles. The van der Waals surface area contributed by atoms with E-state index in [4.69, 9.17) is 16.3 Å². The van der Waals surface area contributed by atoms with Crippen molar-refractivity contribution >= 4 is 40.8 Å². The summed E-state index contributed by atoms with van der Waals surface area (Å²) < 4.78 is 5.46. The van der Waals surface area contributed by atoms with Crippen molar-refractivity contribution in [1.82, 2.24) is 0 Å². The molecular formula is C27H20ClN3OS2. The van der Waals surface area contributed by atoms with Crippen molar-refractivity contribution in [3.8, 4) is 17.9 Å². The molecule has 0 fully saturated rings. The van der Waals surface area contributed by atoms with Crippen LogP contribution in [0, 0.1) is 28.6 Å². The molecule has 1 N–H and O–H groups in total. The third-order valence-corrected chi connectivity index (χ3v) is 8.17. The third-order valence-electron chi connectivity index (χ3n) is 5.24. The van der Waals surface area contributed by atoms with E-state index in [0.717, 1.165) is 19.6 Å². The number of hydrogen-bond acceptors (Lipinski definition) is 6. The Hall–Kier alpha value is -3.29. The van der Waals surface area contributed by atoms with E-state index in [0.29, 0.717) is 11.4 Å². The van der Waals surface area contributed by atoms with Crippen molar-refractivity contribution < 1.29 is 4.74 Å². The number of benzene rings is 3. The summed E-state index contributed by atoms with van der Waals surface area (Å²) in [5.41, 5.74) is -0.899. The predicted octanol–water partition coefficient (Wildman–Crippen LogP) is 7.44. The smallest absolute Gasteiger partial charge is 0.182 e. The number of ether oxygens (including phenoxy) is 1. The number of halogens is 1. The van der Waals surface area contributed by atoms with Gasteiger partial charge < -0.3 is 10.1 Å². The summed E-state index contributed by atoms with van der Waals surface area (Å²) in [5.74, 6) is -0.273. The van der Waals surface area contributed by atoms with Crippen LogP contribution >= 0.6 is 35.1 Å². The van der Waals surface area contributed by atoms with E-state index in [1.54, 1.807) is 19.2 Å². The molecule has 0 heterocycles. The Morgan fingerprint density at radius 3 is 2.06 bits per heavy atom. The Labute approximate surface area is 212 Å². The molecule has 4 rings (SSSR count). The van der Waals surface area contributed by atoms with Crippen molar-refractivity contribution in [2.45, 2.75) is 15.3 Å². The molecule has 34 heavy (non-hydrogen) atoms. The lowest BCUT2D eigenvalue weighted by Gasteiger charge is -2.36. The summed E-state index contributed by atoms with van der Waals surface area (Å²) in [4.78, 5) is 3.57. The van der Waals surface area contributed by atoms with Gasteiger partial charge in [-0.1, -0.05) is 83.7 Å². The molecule has 168 valence electrons. The number of rotatable bonds is 7. The van der Waals surface area contributed by atoms with E-state index in [1.807, 2.05) is 78.9 Å². The molecule has 0 saturated carbocycles. The fraction of sp³-hybridized carbons (Fsp3) is 0.111. The van der Waals surface area contributed by atoms with Crippen molar-refractivity contribution in [3.63, 3.8) is 0 Å². The van der Waals surface area contributed by atoms with E-state index in [2.05, 4.69) is 17.5 Å². The summed E-state index contributed by atoms with van der Waals surface area (Å²) in [7, 11) is 1.56. The van der Waals surface area contributed by atoms with Gasteiger partial charge in [-0.2, -0.15) is 10.5 Å². The largest absolute Gasteiger partial charge is 0.495 e. The molecule has 1 aliphatic rings. The van der Waals surface area contributed by atoms with Crippen LogP contribution in [0.2, 0.25) is 0 Å². The van der Waals surface area contributed by atoms with Crippen LogP contribution in [0.3, 0.4) is 0 Å². The lowest BCUT2D eigenvalue weighted by atomic mass is 9.81. The molecule has 3 aromatic carbocycles. The predicted molar refractivity (Wildman–Crippen MR) is 140 cm³/mol. The number of para-hydroxylation sites is 2. The number of nitrogens with one attached hydrogen (secondary N) is 1. The van der Waals surface area contributed by atoms with Gasteiger partial charge >= 0.3 is 0 Å². The highest BCUT2D eigenvalue weighted by molar-refractivity contribution is 8.08. The van der Waals surface area contributed by atoms with Crippen LogP contribution in [0.1, 0.15) is 0 Å². The molecule has 1 aliphatic carbocycles. The summed E-state index contributed by atoms with van der Waals surface area (Å²) >= 11 is 10.1. The van der Waals surface area contributed by atoms with Gasteiger partial charge in [0.2, 0.25) is 0 Å². The summed E-state index contributed by atoms with van der Waals surface area (Å²) in [6, 6.07) is 31.6. The van der Waals surface area contributed by atoms with E-state index in [-0.39, 0.29) is 5.03 Å². The second-order valence-electron chi connectivity index (χ2n) is 7.36. The van der Waals surface area contributed by atoms with Gasteiger partial charge in [-0.15, -0.1) is 0 Å². The zero-order chi connectivity index (χ0) is 24.0. The lowest BCUT2D eigenvalue weighted by molar-refractivity contribution is 0.415. The Morgan fingerprint density at radius 1 is 0.882 bits per heavy atom. The van der Waals surface area contributed by atoms with Crippen molar-refractivity contribution in [1.29, 1.82) is 10.5 Å². The molecule has 2 atom stereocenters. The minimum Gasteiger partial charge on any atom is -0.495 e. The van der Waals surface area contributed by atoms with Gasteiger partial charge in [-0.05, 0) is 42.5 Å². The summed E-state index contributed by atoms with van der Waals surface area (Å²) in [5, 5.41) is 24.1. The summed E-state index contributed by atoms with van der Waals surface area (Å²) in [6.45, 7) is 0. The van der Waals surface area contributed by atoms with E-state index >= 15 is 0 Å². The Bertz CT molecular complexity index is 1310. The van der Waals surface area contributed by atoms with Gasteiger partial charge in [0.1, 0.15) is 11.7 Å². The SMILES string of the molecule is COc1ccccc1NC1(C#N)C(Cl)=C(Sc2ccccc2)C(Sc2ccccc2)=CC1C#N. The number of anilines is 1. The van der Waals surface area contributed by atoms with Crippen LogP contribution < -0.4 is 10.1 Å². The average Bonchev–Trinajstić information content (AvgIpc) is 2.89. The fourth-order valence-corrected chi connectivity index (χ4v) is 6.17. The van der Waals surface area contributed by atoms with Crippen molar-refractivity contribution in [2.24, 2.45) is 5.92 Å². The minimum absolute atomic E-state index is 0.280. The highest BCUT2D eigenvalue weighted by Crippen LogP contribution is 2.52. The van der Waals surface area contributed by atoms with Crippen LogP contribution in [0.5, 0.6) is 5.75 Å². The van der Waals surface area contributed by atoms with Gasteiger partial charge in [0.25, 0.3) is 0 Å². The number of nitrogens with zero attached hydrogens (tertiary/aromatic N) is 2. The molecule has 3 aromatic rings. The van der Waals surface area contributed by atoms with Crippen LogP contribution in [-0.4, -0.2) is 12.6 Å². The molecule has 0 radical (unpaired) electrons. The highest BCUT2D eigenvalue weighted by Gasteiger charge is 2.47. The standard InChI is InChI=1S/C27H20ClN3OS2/c1-32-23-15-9-8-14-22(23)31-27(18-30)19(17-29)16-24(33-20-10-4-2-5-11-20)25(26(27)28)34-21-12-6-3-7-13-21/h2-16,19,31H,1H3. The maximum Gasteiger partial charge on any atom is 0.182 e. The van der Waals surface area contributed by atoms with Crippen LogP contribution in [0.25, 0.3) is 0 Å². The van der Waals surface area contributed by atoms with Gasteiger partial charge in [0.05, 0.1) is 30.0 Å².